The van der Waals surface area contributed by atoms with Crippen molar-refractivity contribution in [2.45, 2.75) is 25.7 Å². The van der Waals surface area contributed by atoms with E-state index in [0.29, 0.717) is 0 Å². The first kappa shape index (κ1) is 11.4. The van der Waals surface area contributed by atoms with Crippen molar-refractivity contribution < 1.29 is 9.90 Å². The smallest absolute Gasteiger partial charge is 0.308 e. The molecule has 0 unspecified atom stereocenters. The van der Waals surface area contributed by atoms with Gasteiger partial charge in [0, 0.05) is 16.6 Å². The Morgan fingerprint density at radius 3 is 3.00 bits per heavy atom. The van der Waals surface area contributed by atoms with Crippen molar-refractivity contribution in [3.63, 3.8) is 0 Å². The lowest BCUT2D eigenvalue weighted by Gasteiger charge is -2.01. The molecule has 3 rings (SSSR count). The number of carboxylic acid groups (broad SMARTS) is 1. The van der Waals surface area contributed by atoms with E-state index < -0.39 is 5.97 Å². The number of carbonyl (C=O) groups is 1. The topological polar surface area (TPSA) is 50.2 Å². The molecule has 0 spiro atoms. The Hall–Kier alpha value is -1.68. The Morgan fingerprint density at radius 1 is 1.33 bits per heavy atom. The molecule has 18 heavy (non-hydrogen) atoms. The highest BCUT2D eigenvalue weighted by molar-refractivity contribution is 7.15. The van der Waals surface area contributed by atoms with Crippen LogP contribution >= 0.6 is 11.3 Å². The van der Waals surface area contributed by atoms with Gasteiger partial charge in [-0.25, -0.2) is 4.98 Å². The molecule has 4 heteroatoms. The number of aryl methyl sites for hydroxylation is 2. The van der Waals surface area contributed by atoms with Crippen LogP contribution in [0, 0.1) is 0 Å². The number of aromatic nitrogens is 1. The van der Waals surface area contributed by atoms with Crippen molar-refractivity contribution in [3.8, 4) is 10.6 Å². The van der Waals surface area contributed by atoms with Crippen molar-refractivity contribution in [2.75, 3.05) is 0 Å². The first-order valence-electron chi connectivity index (χ1n) is 6.01. The first-order chi connectivity index (χ1) is 8.72. The first-order valence-corrected chi connectivity index (χ1v) is 6.83. The molecule has 3 nitrogen and oxygen atoms in total. The number of benzene rings is 1. The van der Waals surface area contributed by atoms with E-state index >= 15 is 0 Å². The maximum Gasteiger partial charge on any atom is 0.308 e. The van der Waals surface area contributed by atoms with Gasteiger partial charge in [-0.3, -0.25) is 4.79 Å². The number of fused-ring (bicyclic) bond motifs is 1. The number of hydrogen-bond donors (Lipinski definition) is 1. The zero-order valence-corrected chi connectivity index (χ0v) is 10.7. The van der Waals surface area contributed by atoms with E-state index in [2.05, 4.69) is 23.2 Å². The summed E-state index contributed by atoms with van der Waals surface area (Å²) in [7, 11) is 0. The van der Waals surface area contributed by atoms with Crippen LogP contribution < -0.4 is 0 Å². The van der Waals surface area contributed by atoms with Crippen LogP contribution in [0.3, 0.4) is 0 Å². The molecule has 2 aromatic rings. The van der Waals surface area contributed by atoms with Gasteiger partial charge in [0.1, 0.15) is 5.01 Å². The lowest BCUT2D eigenvalue weighted by atomic mass is 10.1. The molecular formula is C14H13NO2S. The Morgan fingerprint density at radius 2 is 2.17 bits per heavy atom. The van der Waals surface area contributed by atoms with Gasteiger partial charge in [0.05, 0.1) is 6.42 Å². The van der Waals surface area contributed by atoms with E-state index in [9.17, 15) is 4.79 Å². The molecule has 0 amide bonds. The monoisotopic (exact) mass is 259 g/mol. The predicted octanol–water partition coefficient (Wildman–Crippen LogP) is 2.93. The minimum absolute atomic E-state index is 0.0581. The molecule has 1 N–H and O–H groups in total. The Balaban J connectivity index is 1.90. The number of carboxylic acids is 1. The molecule has 1 aliphatic carbocycles. The van der Waals surface area contributed by atoms with Crippen LogP contribution in [-0.4, -0.2) is 16.1 Å². The lowest BCUT2D eigenvalue weighted by molar-refractivity contribution is -0.136. The average Bonchev–Trinajstić information content (AvgIpc) is 2.95. The van der Waals surface area contributed by atoms with Crippen molar-refractivity contribution >= 4 is 17.3 Å². The summed E-state index contributed by atoms with van der Waals surface area (Å²) < 4.78 is 0. The fourth-order valence-electron chi connectivity index (χ4n) is 2.38. The fraction of sp³-hybridized carbons (Fsp3) is 0.286. The summed E-state index contributed by atoms with van der Waals surface area (Å²) in [6.45, 7) is 0. The van der Waals surface area contributed by atoms with E-state index in [-0.39, 0.29) is 6.42 Å². The highest BCUT2D eigenvalue weighted by atomic mass is 32.1. The SMILES string of the molecule is O=C(O)Cc1cnc(-c2ccc3c(c2)CCC3)s1. The molecule has 0 radical (unpaired) electrons. The van der Waals surface area contributed by atoms with Gasteiger partial charge in [0.25, 0.3) is 0 Å². The Bertz CT molecular complexity index is 604. The number of rotatable bonds is 3. The Kier molecular flexibility index (Phi) is 2.88. The van der Waals surface area contributed by atoms with Gasteiger partial charge in [-0.1, -0.05) is 12.1 Å². The minimum atomic E-state index is -0.806. The number of thiazole rings is 1. The van der Waals surface area contributed by atoms with Crippen molar-refractivity contribution in [1.29, 1.82) is 0 Å². The van der Waals surface area contributed by atoms with E-state index in [1.54, 1.807) is 6.20 Å². The quantitative estimate of drug-likeness (QED) is 0.922. The van der Waals surface area contributed by atoms with E-state index in [4.69, 9.17) is 5.11 Å². The molecule has 1 heterocycles. The maximum atomic E-state index is 10.6. The largest absolute Gasteiger partial charge is 0.481 e. The predicted molar refractivity (Wildman–Crippen MR) is 70.9 cm³/mol. The van der Waals surface area contributed by atoms with Crippen LogP contribution in [0.4, 0.5) is 0 Å². The van der Waals surface area contributed by atoms with Gasteiger partial charge < -0.3 is 5.11 Å². The van der Waals surface area contributed by atoms with E-state index in [0.717, 1.165) is 21.9 Å². The molecule has 1 aromatic carbocycles. The summed E-state index contributed by atoms with van der Waals surface area (Å²) in [5.41, 5.74) is 3.97. The van der Waals surface area contributed by atoms with Crippen LogP contribution in [0.2, 0.25) is 0 Å². The van der Waals surface area contributed by atoms with Crippen LogP contribution in [0.1, 0.15) is 22.4 Å². The highest BCUT2D eigenvalue weighted by Gasteiger charge is 2.13. The summed E-state index contributed by atoms with van der Waals surface area (Å²) in [5, 5.41) is 9.67. The van der Waals surface area contributed by atoms with Crippen LogP contribution in [0.25, 0.3) is 10.6 Å². The molecule has 1 aromatic heterocycles. The van der Waals surface area contributed by atoms with Crippen molar-refractivity contribution in [2.24, 2.45) is 0 Å². The summed E-state index contributed by atoms with van der Waals surface area (Å²) in [5.74, 6) is -0.806. The number of hydrogen-bond acceptors (Lipinski definition) is 3. The summed E-state index contributed by atoms with van der Waals surface area (Å²) in [6, 6.07) is 6.47. The zero-order valence-electron chi connectivity index (χ0n) is 9.85. The lowest BCUT2D eigenvalue weighted by Crippen LogP contribution is -1.97. The molecule has 0 saturated heterocycles. The normalized spacial score (nSPS) is 13.6. The summed E-state index contributed by atoms with van der Waals surface area (Å²) in [6.07, 6.45) is 5.29. The van der Waals surface area contributed by atoms with Crippen molar-refractivity contribution in [3.05, 3.63) is 40.4 Å². The van der Waals surface area contributed by atoms with Crippen LogP contribution in [0.15, 0.2) is 24.4 Å². The molecule has 92 valence electrons. The van der Waals surface area contributed by atoms with Crippen LogP contribution in [-0.2, 0) is 24.1 Å². The van der Waals surface area contributed by atoms with Gasteiger partial charge >= 0.3 is 5.97 Å². The molecule has 0 bridgehead atoms. The third-order valence-electron chi connectivity index (χ3n) is 3.22. The second-order valence-corrected chi connectivity index (χ2v) is 5.65. The Labute approximate surface area is 109 Å². The van der Waals surface area contributed by atoms with E-state index in [1.165, 1.54) is 35.3 Å². The zero-order chi connectivity index (χ0) is 12.5. The third-order valence-corrected chi connectivity index (χ3v) is 4.27. The van der Waals surface area contributed by atoms with Gasteiger partial charge in [0.15, 0.2) is 0 Å². The summed E-state index contributed by atoms with van der Waals surface area (Å²) >= 11 is 1.47. The number of nitrogens with zero attached hydrogens (tertiary/aromatic N) is 1. The van der Waals surface area contributed by atoms with E-state index in [1.807, 2.05) is 0 Å². The van der Waals surface area contributed by atoms with Crippen LogP contribution in [0.5, 0.6) is 0 Å². The summed E-state index contributed by atoms with van der Waals surface area (Å²) in [4.78, 5) is 15.8. The maximum absolute atomic E-state index is 10.6. The van der Waals surface area contributed by atoms with Gasteiger partial charge in [0.2, 0.25) is 0 Å². The van der Waals surface area contributed by atoms with Crippen molar-refractivity contribution in [1.82, 2.24) is 4.98 Å². The standard InChI is InChI=1S/C14H13NO2S/c16-13(17)7-12-8-15-14(18-12)11-5-4-9-2-1-3-10(9)6-11/h4-6,8H,1-3,7H2,(H,16,17). The van der Waals surface area contributed by atoms with Gasteiger partial charge in [-0.15, -0.1) is 11.3 Å². The average molecular weight is 259 g/mol. The van der Waals surface area contributed by atoms with Gasteiger partial charge in [-0.05, 0) is 36.5 Å². The van der Waals surface area contributed by atoms with Gasteiger partial charge in [-0.2, -0.15) is 0 Å². The highest BCUT2D eigenvalue weighted by Crippen LogP contribution is 2.30. The molecule has 0 saturated carbocycles. The molecular weight excluding hydrogens is 246 g/mol. The molecule has 0 fully saturated rings. The minimum Gasteiger partial charge on any atom is -0.481 e. The second-order valence-electron chi connectivity index (χ2n) is 4.54. The third kappa shape index (κ3) is 2.16. The second kappa shape index (κ2) is 4.53. The molecule has 1 aliphatic rings. The molecule has 0 aliphatic heterocycles. The fourth-order valence-corrected chi connectivity index (χ4v) is 3.28. The number of aliphatic carboxylic acids is 1. The molecule has 0 atom stereocenters.